The third-order valence-corrected chi connectivity index (χ3v) is 3.89. The number of ether oxygens (including phenoxy) is 2. The Morgan fingerprint density at radius 2 is 1.70 bits per heavy atom. The number of nitrogens with zero attached hydrogens (tertiary/aromatic N) is 2. The van der Waals surface area contributed by atoms with Crippen molar-refractivity contribution >= 4 is 17.6 Å². The molecule has 0 saturated carbocycles. The highest BCUT2D eigenvalue weighted by molar-refractivity contribution is 5.95. The van der Waals surface area contributed by atoms with Gasteiger partial charge in [-0.25, -0.2) is 9.48 Å². The van der Waals surface area contributed by atoms with Crippen LogP contribution in [-0.4, -0.2) is 34.6 Å². The lowest BCUT2D eigenvalue weighted by Gasteiger charge is -2.10. The van der Waals surface area contributed by atoms with Crippen LogP contribution in [0.3, 0.4) is 0 Å². The molecular formula is C20H16F3N3O4. The number of carbonyl (C=O) groups is 2. The summed E-state index contributed by atoms with van der Waals surface area (Å²) < 4.78 is 46.8. The minimum absolute atomic E-state index is 0.226. The number of nitrogens with one attached hydrogen (secondary N) is 1. The normalized spacial score (nSPS) is 11.1. The lowest BCUT2D eigenvalue weighted by atomic mass is 10.2. The van der Waals surface area contributed by atoms with Gasteiger partial charge in [0.05, 0.1) is 11.3 Å². The first-order chi connectivity index (χ1) is 14.2. The van der Waals surface area contributed by atoms with Crippen molar-refractivity contribution in [3.05, 3.63) is 72.1 Å². The van der Waals surface area contributed by atoms with E-state index in [2.05, 4.69) is 15.2 Å². The number of carbonyl (C=O) groups excluding carboxylic acids is 2. The fraction of sp³-hybridized carbons (Fsp3) is 0.150. The zero-order chi connectivity index (χ0) is 21.7. The number of alkyl halides is 3. The Morgan fingerprint density at radius 3 is 2.27 bits per heavy atom. The quantitative estimate of drug-likeness (QED) is 0.614. The molecule has 1 amide bonds. The van der Waals surface area contributed by atoms with Gasteiger partial charge in [-0.1, -0.05) is 0 Å². The van der Waals surface area contributed by atoms with E-state index in [1.54, 1.807) is 35.1 Å². The number of benzene rings is 2. The van der Waals surface area contributed by atoms with Gasteiger partial charge in [-0.2, -0.15) is 5.10 Å². The summed E-state index contributed by atoms with van der Waals surface area (Å²) in [5.74, 6) is -1.75. The second kappa shape index (κ2) is 8.68. The van der Waals surface area contributed by atoms with Crippen LogP contribution in [0.1, 0.15) is 16.1 Å². The maximum atomic E-state index is 12.1. The molecular weight excluding hydrogens is 403 g/mol. The van der Waals surface area contributed by atoms with Gasteiger partial charge in [-0.3, -0.25) is 4.79 Å². The largest absolute Gasteiger partial charge is 0.573 e. The van der Waals surface area contributed by atoms with E-state index in [0.717, 1.165) is 23.5 Å². The molecule has 0 atom stereocenters. The molecule has 0 aliphatic heterocycles. The molecule has 0 saturated heterocycles. The number of aryl methyl sites for hydroxylation is 1. The minimum Gasteiger partial charge on any atom is -0.452 e. The predicted octanol–water partition coefficient (Wildman–Crippen LogP) is 3.87. The monoisotopic (exact) mass is 419 g/mol. The van der Waals surface area contributed by atoms with Crippen LogP contribution in [0.5, 0.6) is 5.75 Å². The Labute approximate surface area is 169 Å². The number of rotatable bonds is 6. The van der Waals surface area contributed by atoms with E-state index in [1.807, 2.05) is 13.0 Å². The molecule has 156 valence electrons. The number of hydrogen-bond acceptors (Lipinski definition) is 5. The molecule has 7 nitrogen and oxygen atoms in total. The summed E-state index contributed by atoms with van der Waals surface area (Å²) in [6.45, 7) is 1.34. The second-order valence-corrected chi connectivity index (χ2v) is 6.13. The number of halogens is 3. The minimum atomic E-state index is -4.80. The van der Waals surface area contributed by atoms with Crippen molar-refractivity contribution in [2.45, 2.75) is 13.3 Å². The fourth-order valence-electron chi connectivity index (χ4n) is 2.53. The third-order valence-electron chi connectivity index (χ3n) is 3.89. The molecule has 0 radical (unpaired) electrons. The molecule has 0 bridgehead atoms. The van der Waals surface area contributed by atoms with E-state index < -0.39 is 30.6 Å². The van der Waals surface area contributed by atoms with E-state index in [4.69, 9.17) is 4.74 Å². The molecule has 3 aromatic rings. The molecule has 30 heavy (non-hydrogen) atoms. The molecule has 3 rings (SSSR count). The summed E-state index contributed by atoms with van der Waals surface area (Å²) in [6, 6.07) is 12.9. The van der Waals surface area contributed by atoms with E-state index >= 15 is 0 Å². The fourth-order valence-corrected chi connectivity index (χ4v) is 2.53. The molecule has 0 spiro atoms. The molecule has 0 aliphatic rings. The van der Waals surface area contributed by atoms with Crippen LogP contribution in [0.2, 0.25) is 0 Å². The van der Waals surface area contributed by atoms with Gasteiger partial charge in [0.25, 0.3) is 5.91 Å². The topological polar surface area (TPSA) is 82.5 Å². The molecule has 1 heterocycles. The molecule has 1 aromatic heterocycles. The zero-order valence-electron chi connectivity index (χ0n) is 15.6. The molecule has 0 unspecified atom stereocenters. The Balaban J connectivity index is 1.51. The van der Waals surface area contributed by atoms with Gasteiger partial charge in [-0.05, 0) is 61.5 Å². The second-order valence-electron chi connectivity index (χ2n) is 6.13. The number of aromatic nitrogens is 2. The lowest BCUT2D eigenvalue weighted by molar-refractivity contribution is -0.274. The molecule has 10 heteroatoms. The molecule has 0 fully saturated rings. The van der Waals surface area contributed by atoms with Crippen molar-refractivity contribution in [2.75, 3.05) is 11.9 Å². The average molecular weight is 419 g/mol. The number of amides is 1. The van der Waals surface area contributed by atoms with Crippen LogP contribution >= 0.6 is 0 Å². The maximum absolute atomic E-state index is 12.1. The first kappa shape index (κ1) is 20.9. The van der Waals surface area contributed by atoms with E-state index in [9.17, 15) is 22.8 Å². The third kappa shape index (κ3) is 5.60. The maximum Gasteiger partial charge on any atom is 0.573 e. The Morgan fingerprint density at radius 1 is 1.03 bits per heavy atom. The van der Waals surface area contributed by atoms with Crippen LogP contribution in [0, 0.1) is 6.92 Å². The summed E-state index contributed by atoms with van der Waals surface area (Å²) in [7, 11) is 0. The summed E-state index contributed by atoms with van der Waals surface area (Å²) in [6.07, 6.45) is -3.14. The SMILES string of the molecule is Cc1ccnn1-c1ccc(C(=O)OCC(=O)Nc2ccc(OC(F)(F)F)cc2)cc1. The van der Waals surface area contributed by atoms with E-state index in [1.165, 1.54) is 12.1 Å². The van der Waals surface area contributed by atoms with Gasteiger partial charge in [0.15, 0.2) is 6.61 Å². The van der Waals surface area contributed by atoms with Gasteiger partial charge in [0.1, 0.15) is 5.75 Å². The molecule has 0 aliphatic carbocycles. The van der Waals surface area contributed by atoms with Crippen LogP contribution in [0.15, 0.2) is 60.8 Å². The van der Waals surface area contributed by atoms with Crippen molar-refractivity contribution in [1.29, 1.82) is 0 Å². The van der Waals surface area contributed by atoms with Gasteiger partial charge in [0, 0.05) is 17.6 Å². The summed E-state index contributed by atoms with van der Waals surface area (Å²) in [4.78, 5) is 24.0. The summed E-state index contributed by atoms with van der Waals surface area (Å²) >= 11 is 0. The van der Waals surface area contributed by atoms with Crippen LogP contribution < -0.4 is 10.1 Å². The molecule has 2 aromatic carbocycles. The van der Waals surface area contributed by atoms with Crippen molar-refractivity contribution in [2.24, 2.45) is 0 Å². The van der Waals surface area contributed by atoms with Crippen LogP contribution in [0.25, 0.3) is 5.69 Å². The smallest absolute Gasteiger partial charge is 0.452 e. The van der Waals surface area contributed by atoms with Gasteiger partial charge >= 0.3 is 12.3 Å². The zero-order valence-corrected chi connectivity index (χ0v) is 15.6. The highest BCUT2D eigenvalue weighted by Gasteiger charge is 2.30. The van der Waals surface area contributed by atoms with Crippen LogP contribution in [-0.2, 0) is 9.53 Å². The van der Waals surface area contributed by atoms with E-state index in [-0.39, 0.29) is 11.3 Å². The number of esters is 1. The highest BCUT2D eigenvalue weighted by atomic mass is 19.4. The number of hydrogen-bond donors (Lipinski definition) is 1. The highest BCUT2D eigenvalue weighted by Crippen LogP contribution is 2.24. The first-order valence-electron chi connectivity index (χ1n) is 8.65. The standard InChI is InChI=1S/C20H16F3N3O4/c1-13-10-11-24-26(13)16-6-2-14(3-7-16)19(28)29-12-18(27)25-15-4-8-17(9-5-15)30-20(21,22)23/h2-11H,12H2,1H3,(H,25,27). The summed E-state index contributed by atoms with van der Waals surface area (Å²) in [5.41, 5.74) is 2.18. The Bertz CT molecular complexity index is 1030. The van der Waals surface area contributed by atoms with Gasteiger partial charge in [-0.15, -0.1) is 13.2 Å². The first-order valence-corrected chi connectivity index (χ1v) is 8.65. The van der Waals surface area contributed by atoms with Crippen LogP contribution in [0.4, 0.5) is 18.9 Å². The number of anilines is 1. The van der Waals surface area contributed by atoms with E-state index in [0.29, 0.717) is 0 Å². The Kier molecular flexibility index (Phi) is 6.05. The Hall–Kier alpha value is -3.82. The lowest BCUT2D eigenvalue weighted by Crippen LogP contribution is -2.21. The van der Waals surface area contributed by atoms with Gasteiger partial charge in [0.2, 0.25) is 0 Å². The van der Waals surface area contributed by atoms with Gasteiger partial charge < -0.3 is 14.8 Å². The molecule has 1 N–H and O–H groups in total. The van der Waals surface area contributed by atoms with Crippen molar-refractivity contribution in [3.63, 3.8) is 0 Å². The van der Waals surface area contributed by atoms with Crippen molar-refractivity contribution in [1.82, 2.24) is 9.78 Å². The van der Waals surface area contributed by atoms with Crippen molar-refractivity contribution < 1.29 is 32.2 Å². The predicted molar refractivity (Wildman–Crippen MR) is 100 cm³/mol. The average Bonchev–Trinajstić information content (AvgIpc) is 3.12. The van der Waals surface area contributed by atoms with Crippen molar-refractivity contribution in [3.8, 4) is 11.4 Å². The summed E-state index contributed by atoms with van der Waals surface area (Å²) in [5, 5.41) is 6.57.